The SMILES string of the molecule is N#Cc1ccc(Sc2cc(C(F)(F)F)cc(C(F)(F)F)c2)c(S(=O)(=O)N2CCS(=O)(=O)CC2)c1. The van der Waals surface area contributed by atoms with Crippen LogP contribution in [0.15, 0.2) is 51.1 Å². The average molecular weight is 545 g/mol. The van der Waals surface area contributed by atoms with Gasteiger partial charge in [0, 0.05) is 22.9 Å². The van der Waals surface area contributed by atoms with Crippen molar-refractivity contribution in [3.63, 3.8) is 0 Å². The summed E-state index contributed by atoms with van der Waals surface area (Å²) >= 11 is 0.351. The lowest BCUT2D eigenvalue weighted by atomic mass is 10.1. The molecule has 6 nitrogen and oxygen atoms in total. The normalized spacial score (nSPS) is 17.3. The molecule has 1 aliphatic rings. The lowest BCUT2D eigenvalue weighted by molar-refractivity contribution is -0.143. The van der Waals surface area contributed by atoms with Gasteiger partial charge in [-0.2, -0.15) is 35.9 Å². The van der Waals surface area contributed by atoms with Crippen molar-refractivity contribution in [2.24, 2.45) is 0 Å². The summed E-state index contributed by atoms with van der Waals surface area (Å²) < 4.78 is 130. The highest BCUT2D eigenvalue weighted by Crippen LogP contribution is 2.41. The molecule has 0 aromatic heterocycles. The van der Waals surface area contributed by atoms with Gasteiger partial charge in [-0.1, -0.05) is 11.8 Å². The number of alkyl halides is 6. The van der Waals surface area contributed by atoms with Crippen LogP contribution in [0.3, 0.4) is 0 Å². The average Bonchev–Trinajstić information content (AvgIpc) is 2.72. The lowest BCUT2D eigenvalue weighted by Crippen LogP contribution is -2.43. The molecule has 0 amide bonds. The van der Waals surface area contributed by atoms with E-state index >= 15 is 0 Å². The molecule has 3 rings (SSSR count). The van der Waals surface area contributed by atoms with Crippen LogP contribution in [0, 0.1) is 11.3 Å². The van der Waals surface area contributed by atoms with Gasteiger partial charge in [0.05, 0.1) is 39.2 Å². The van der Waals surface area contributed by atoms with Gasteiger partial charge in [-0.05, 0) is 36.4 Å². The first-order valence-corrected chi connectivity index (χ1v) is 13.3. The van der Waals surface area contributed by atoms with E-state index in [1.165, 1.54) is 6.07 Å². The number of benzene rings is 2. The zero-order valence-corrected chi connectivity index (χ0v) is 19.3. The van der Waals surface area contributed by atoms with Gasteiger partial charge in [0.2, 0.25) is 10.0 Å². The molecule has 0 N–H and O–H groups in total. The molecule has 34 heavy (non-hydrogen) atoms. The maximum absolute atomic E-state index is 13.2. The number of hydrogen-bond donors (Lipinski definition) is 0. The van der Waals surface area contributed by atoms with E-state index in [4.69, 9.17) is 5.26 Å². The third-order valence-electron chi connectivity index (χ3n) is 4.78. The number of halogens is 6. The van der Waals surface area contributed by atoms with E-state index in [1.807, 2.05) is 0 Å². The minimum Gasteiger partial charge on any atom is -0.229 e. The number of sulfone groups is 1. The Labute approximate surface area is 195 Å². The second kappa shape index (κ2) is 9.06. The molecule has 0 unspecified atom stereocenters. The summed E-state index contributed by atoms with van der Waals surface area (Å²) in [5, 5.41) is 9.14. The molecule has 0 radical (unpaired) electrons. The number of hydrogen-bond acceptors (Lipinski definition) is 6. The van der Waals surface area contributed by atoms with Gasteiger partial charge < -0.3 is 0 Å². The van der Waals surface area contributed by atoms with Crippen LogP contribution < -0.4 is 0 Å². The molecule has 0 spiro atoms. The van der Waals surface area contributed by atoms with Crippen LogP contribution in [0.25, 0.3) is 0 Å². The van der Waals surface area contributed by atoms with Gasteiger partial charge >= 0.3 is 12.4 Å². The molecule has 1 heterocycles. The van der Waals surface area contributed by atoms with Crippen LogP contribution >= 0.6 is 11.8 Å². The molecule has 0 aliphatic carbocycles. The Hall–Kier alpha value is -2.28. The molecule has 184 valence electrons. The zero-order valence-electron chi connectivity index (χ0n) is 16.8. The van der Waals surface area contributed by atoms with Gasteiger partial charge in [-0.25, -0.2) is 16.8 Å². The summed E-state index contributed by atoms with van der Waals surface area (Å²) in [5.41, 5.74) is -3.25. The molecule has 0 saturated carbocycles. The van der Waals surface area contributed by atoms with E-state index in [-0.39, 0.29) is 29.6 Å². The van der Waals surface area contributed by atoms with Crippen LogP contribution in [0.2, 0.25) is 0 Å². The summed E-state index contributed by atoms with van der Waals surface area (Å²) in [7, 11) is -7.86. The third-order valence-corrected chi connectivity index (χ3v) is 9.51. The summed E-state index contributed by atoms with van der Waals surface area (Å²) in [6.07, 6.45) is -10.2. The molecule has 0 bridgehead atoms. The van der Waals surface area contributed by atoms with Crippen molar-refractivity contribution in [3.8, 4) is 6.07 Å². The van der Waals surface area contributed by atoms with Gasteiger partial charge in [0.1, 0.15) is 0 Å². The van der Waals surface area contributed by atoms with Crippen molar-refractivity contribution >= 4 is 31.6 Å². The first-order valence-electron chi connectivity index (χ1n) is 9.25. The second-order valence-corrected chi connectivity index (χ2v) is 12.5. The quantitative estimate of drug-likeness (QED) is 0.537. The fourth-order valence-corrected chi connectivity index (χ4v) is 7.39. The van der Waals surface area contributed by atoms with Crippen molar-refractivity contribution < 1.29 is 43.2 Å². The highest BCUT2D eigenvalue weighted by molar-refractivity contribution is 8.00. The van der Waals surface area contributed by atoms with E-state index in [0.717, 1.165) is 16.4 Å². The van der Waals surface area contributed by atoms with Crippen LogP contribution in [0.5, 0.6) is 0 Å². The Bertz CT molecular complexity index is 1320. The minimum absolute atomic E-state index is 0.0470. The van der Waals surface area contributed by atoms with Crippen molar-refractivity contribution in [2.75, 3.05) is 24.6 Å². The molecule has 1 saturated heterocycles. The molecule has 2 aromatic carbocycles. The van der Waals surface area contributed by atoms with Crippen LogP contribution in [0.1, 0.15) is 16.7 Å². The van der Waals surface area contributed by atoms with E-state index in [9.17, 15) is 43.2 Å². The Morgan fingerprint density at radius 1 is 0.912 bits per heavy atom. The monoisotopic (exact) mass is 544 g/mol. The number of sulfonamides is 1. The number of nitrogens with zero attached hydrogens (tertiary/aromatic N) is 2. The smallest absolute Gasteiger partial charge is 0.229 e. The molecular weight excluding hydrogens is 530 g/mol. The Kier molecular flexibility index (Phi) is 7.02. The van der Waals surface area contributed by atoms with Crippen molar-refractivity contribution in [2.45, 2.75) is 27.0 Å². The lowest BCUT2D eigenvalue weighted by Gasteiger charge is -2.27. The van der Waals surface area contributed by atoms with Gasteiger partial charge in [0.15, 0.2) is 9.84 Å². The van der Waals surface area contributed by atoms with E-state index in [2.05, 4.69) is 0 Å². The number of rotatable bonds is 4. The molecule has 15 heteroatoms. The minimum atomic E-state index is -5.09. The predicted octanol–water partition coefficient (Wildman–Crippen LogP) is 4.17. The molecule has 1 fully saturated rings. The standard InChI is InChI=1S/C19H14F6N2O4S3/c20-18(21,22)13-8-14(19(23,24)25)10-15(9-13)32-16-2-1-12(11-26)7-17(16)34(30,31)27-3-5-33(28,29)6-4-27/h1-2,7-10H,3-6H2. The fraction of sp³-hybridized carbons (Fsp3) is 0.316. The summed E-state index contributed by atoms with van der Waals surface area (Å²) in [6, 6.07) is 5.80. The second-order valence-electron chi connectivity index (χ2n) is 7.17. The van der Waals surface area contributed by atoms with Crippen LogP contribution in [-0.4, -0.2) is 45.7 Å². The zero-order chi connectivity index (χ0) is 25.5. The van der Waals surface area contributed by atoms with E-state index in [1.54, 1.807) is 6.07 Å². The van der Waals surface area contributed by atoms with Gasteiger partial charge in [-0.15, -0.1) is 0 Å². The highest BCUT2D eigenvalue weighted by Gasteiger charge is 2.38. The Morgan fingerprint density at radius 2 is 1.44 bits per heavy atom. The maximum Gasteiger partial charge on any atom is 0.416 e. The van der Waals surface area contributed by atoms with Crippen molar-refractivity contribution in [1.82, 2.24) is 4.31 Å². The van der Waals surface area contributed by atoms with E-state index in [0.29, 0.717) is 23.9 Å². The topological polar surface area (TPSA) is 95.3 Å². The van der Waals surface area contributed by atoms with Crippen molar-refractivity contribution in [1.29, 1.82) is 5.26 Å². The molecule has 2 aromatic rings. The van der Waals surface area contributed by atoms with E-state index < -0.39 is 64.6 Å². The Balaban J connectivity index is 2.10. The van der Waals surface area contributed by atoms with Crippen LogP contribution in [0.4, 0.5) is 26.3 Å². The number of nitriles is 1. The Morgan fingerprint density at radius 3 is 1.91 bits per heavy atom. The summed E-state index contributed by atoms with van der Waals surface area (Å²) in [4.78, 5) is -1.27. The first-order chi connectivity index (χ1) is 15.5. The summed E-state index contributed by atoms with van der Waals surface area (Å²) in [6.45, 7) is -0.763. The van der Waals surface area contributed by atoms with Crippen LogP contribution in [-0.2, 0) is 32.2 Å². The fourth-order valence-electron chi connectivity index (χ4n) is 3.05. The maximum atomic E-state index is 13.2. The molecule has 1 aliphatic heterocycles. The largest absolute Gasteiger partial charge is 0.416 e. The summed E-state index contributed by atoms with van der Waals surface area (Å²) in [5.74, 6) is -0.898. The third kappa shape index (κ3) is 5.85. The first kappa shape index (κ1) is 26.3. The highest BCUT2D eigenvalue weighted by atomic mass is 32.2. The van der Waals surface area contributed by atoms with Crippen molar-refractivity contribution in [3.05, 3.63) is 53.1 Å². The molecule has 0 atom stereocenters. The predicted molar refractivity (Wildman–Crippen MR) is 109 cm³/mol. The molecular formula is C19H14F6N2O4S3. The van der Waals surface area contributed by atoms with Gasteiger partial charge in [0.25, 0.3) is 0 Å². The van der Waals surface area contributed by atoms with Gasteiger partial charge in [-0.3, -0.25) is 0 Å².